The summed E-state index contributed by atoms with van der Waals surface area (Å²) in [6.45, 7) is 3.48. The van der Waals surface area contributed by atoms with Gasteiger partial charge in [0.1, 0.15) is 0 Å². The number of benzene rings is 1. The number of nitrogens with zero attached hydrogens (tertiary/aromatic N) is 3. The van der Waals surface area contributed by atoms with Crippen molar-refractivity contribution in [2.75, 3.05) is 0 Å². The maximum absolute atomic E-state index is 11.1. The Kier molecular flexibility index (Phi) is 3.86. The summed E-state index contributed by atoms with van der Waals surface area (Å²) in [7, 11) is 0. The van der Waals surface area contributed by atoms with Crippen LogP contribution in [0, 0.1) is 28.6 Å². The van der Waals surface area contributed by atoms with E-state index < -0.39 is 17.8 Å². The third-order valence-corrected chi connectivity index (χ3v) is 3.58. The molecule has 104 valence electrons. The van der Waals surface area contributed by atoms with E-state index in [-0.39, 0.29) is 5.56 Å². The maximum Gasteiger partial charge on any atom is 0.335 e. The van der Waals surface area contributed by atoms with Gasteiger partial charge in [-0.2, -0.15) is 10.5 Å². The Bertz CT molecular complexity index is 748. The van der Waals surface area contributed by atoms with Gasteiger partial charge < -0.3 is 5.11 Å². The fourth-order valence-corrected chi connectivity index (χ4v) is 2.57. The molecule has 21 heavy (non-hydrogen) atoms. The normalized spacial score (nSPS) is 21.2. The minimum absolute atomic E-state index is 0.138. The number of nitriles is 2. The molecule has 0 aromatic heterocycles. The second-order valence-electron chi connectivity index (χ2n) is 4.88. The van der Waals surface area contributed by atoms with Gasteiger partial charge >= 0.3 is 5.97 Å². The molecule has 1 aromatic rings. The van der Waals surface area contributed by atoms with Crippen LogP contribution in [0.5, 0.6) is 0 Å². The molecule has 0 fully saturated rings. The van der Waals surface area contributed by atoms with Crippen LogP contribution in [-0.4, -0.2) is 16.8 Å². The highest BCUT2D eigenvalue weighted by molar-refractivity contribution is 5.91. The van der Waals surface area contributed by atoms with Crippen molar-refractivity contribution in [1.29, 1.82) is 10.5 Å². The predicted octanol–water partition coefficient (Wildman–Crippen LogP) is 2.88. The van der Waals surface area contributed by atoms with Crippen LogP contribution in [0.2, 0.25) is 0 Å². The van der Waals surface area contributed by atoms with Crippen LogP contribution >= 0.6 is 0 Å². The van der Waals surface area contributed by atoms with Crippen LogP contribution in [0.1, 0.15) is 35.7 Å². The van der Waals surface area contributed by atoms with Crippen LogP contribution in [0.4, 0.5) is 0 Å². The van der Waals surface area contributed by atoms with E-state index in [2.05, 4.69) is 17.1 Å². The molecule has 0 spiro atoms. The quantitative estimate of drug-likeness (QED) is 0.899. The largest absolute Gasteiger partial charge is 0.478 e. The van der Waals surface area contributed by atoms with Crippen molar-refractivity contribution in [3.8, 4) is 12.1 Å². The molecule has 2 atom stereocenters. The molecule has 0 aliphatic carbocycles. The first-order valence-corrected chi connectivity index (χ1v) is 6.38. The Labute approximate surface area is 122 Å². The minimum Gasteiger partial charge on any atom is -0.478 e. The molecule has 2 rings (SSSR count). The summed E-state index contributed by atoms with van der Waals surface area (Å²) >= 11 is 0. The predicted molar refractivity (Wildman–Crippen MR) is 76.7 cm³/mol. The van der Waals surface area contributed by atoms with Gasteiger partial charge in [0.2, 0.25) is 0 Å². The molecule has 2 unspecified atom stereocenters. The summed E-state index contributed by atoms with van der Waals surface area (Å²) in [4.78, 5) is 15.4. The first-order valence-electron chi connectivity index (χ1n) is 6.38. The van der Waals surface area contributed by atoms with E-state index >= 15 is 0 Å². The lowest BCUT2D eigenvalue weighted by Crippen LogP contribution is -2.24. The number of allylic oxidation sites excluding steroid dienone is 2. The molecule has 1 aromatic carbocycles. The van der Waals surface area contributed by atoms with Gasteiger partial charge in [-0.1, -0.05) is 12.1 Å². The Morgan fingerprint density at radius 2 is 2.05 bits per heavy atom. The average molecular weight is 279 g/mol. The van der Waals surface area contributed by atoms with Crippen LogP contribution < -0.4 is 0 Å². The van der Waals surface area contributed by atoms with Gasteiger partial charge in [-0.3, -0.25) is 4.99 Å². The lowest BCUT2D eigenvalue weighted by Gasteiger charge is -2.26. The molecule has 1 N–H and O–H groups in total. The zero-order chi connectivity index (χ0) is 15.6. The summed E-state index contributed by atoms with van der Waals surface area (Å²) in [5.41, 5.74) is 2.41. The highest BCUT2D eigenvalue weighted by atomic mass is 16.4. The zero-order valence-corrected chi connectivity index (χ0v) is 11.7. The number of hydrogen-bond donors (Lipinski definition) is 1. The lowest BCUT2D eigenvalue weighted by atomic mass is 9.76. The smallest absolute Gasteiger partial charge is 0.335 e. The second-order valence-corrected chi connectivity index (χ2v) is 4.88. The molecule has 0 bridgehead atoms. The van der Waals surface area contributed by atoms with Crippen molar-refractivity contribution in [2.24, 2.45) is 10.9 Å². The lowest BCUT2D eigenvalue weighted by molar-refractivity contribution is 0.0696. The van der Waals surface area contributed by atoms with E-state index in [9.17, 15) is 15.3 Å². The van der Waals surface area contributed by atoms with Crippen molar-refractivity contribution < 1.29 is 9.90 Å². The summed E-state index contributed by atoms with van der Waals surface area (Å²) < 4.78 is 0. The highest BCUT2D eigenvalue weighted by Crippen LogP contribution is 2.38. The molecule has 5 nitrogen and oxygen atoms in total. The van der Waals surface area contributed by atoms with Crippen LogP contribution in [0.25, 0.3) is 0 Å². The molecule has 1 aliphatic heterocycles. The Hall–Kier alpha value is -2.92. The van der Waals surface area contributed by atoms with Gasteiger partial charge in [0, 0.05) is 11.6 Å². The molecular formula is C16H13N3O2. The molecule has 1 heterocycles. The van der Waals surface area contributed by atoms with E-state index in [1.165, 1.54) is 12.1 Å². The van der Waals surface area contributed by atoms with Gasteiger partial charge in [0.15, 0.2) is 0 Å². The molecular weight excluding hydrogens is 266 g/mol. The number of carbonyl (C=O) groups is 1. The van der Waals surface area contributed by atoms with Crippen molar-refractivity contribution in [2.45, 2.75) is 19.8 Å². The summed E-state index contributed by atoms with van der Waals surface area (Å²) in [6.07, 6.45) is 0. The van der Waals surface area contributed by atoms with Crippen molar-refractivity contribution in [3.05, 3.63) is 46.7 Å². The van der Waals surface area contributed by atoms with E-state index in [0.29, 0.717) is 22.5 Å². The van der Waals surface area contributed by atoms with Gasteiger partial charge in [-0.25, -0.2) is 4.79 Å². The first-order chi connectivity index (χ1) is 9.99. The van der Waals surface area contributed by atoms with Crippen LogP contribution in [-0.2, 0) is 0 Å². The van der Waals surface area contributed by atoms with Crippen molar-refractivity contribution >= 4 is 11.7 Å². The molecule has 0 saturated heterocycles. The summed E-state index contributed by atoms with van der Waals surface area (Å²) in [6, 6.07) is 10.6. The Morgan fingerprint density at radius 1 is 1.33 bits per heavy atom. The second kappa shape index (κ2) is 5.60. The number of carboxylic acid groups (broad SMARTS) is 1. The fraction of sp³-hybridized carbons (Fsp3) is 0.250. The van der Waals surface area contributed by atoms with E-state index in [1.54, 1.807) is 26.0 Å². The molecule has 5 heteroatoms. The maximum atomic E-state index is 11.1. The average Bonchev–Trinajstić information content (AvgIpc) is 2.46. The number of hydrogen-bond acceptors (Lipinski definition) is 4. The number of carboxylic acids is 1. The monoisotopic (exact) mass is 279 g/mol. The highest BCUT2D eigenvalue weighted by Gasteiger charge is 2.34. The van der Waals surface area contributed by atoms with Gasteiger partial charge in [-0.15, -0.1) is 0 Å². The van der Waals surface area contributed by atoms with E-state index in [1.807, 2.05) is 0 Å². The standard InChI is InChI=1S/C16H13N3O2/c1-9-13(7-17)15(14(8-18)10(2)19-9)11-4-3-5-12(6-11)16(20)21/h3-6,13,15H,1-2H3,(H,20,21). The SMILES string of the molecule is CC1=NC(C)=C(C#N)C(c2cccc(C(=O)O)c2)C1C#N. The molecule has 1 aliphatic rings. The summed E-state index contributed by atoms with van der Waals surface area (Å²) in [5, 5.41) is 27.9. The number of aliphatic imine (C=N–C) groups is 1. The van der Waals surface area contributed by atoms with E-state index in [0.717, 1.165) is 0 Å². The summed E-state index contributed by atoms with van der Waals surface area (Å²) in [5.74, 6) is -2.07. The van der Waals surface area contributed by atoms with Gasteiger partial charge in [0.05, 0.1) is 34.9 Å². The van der Waals surface area contributed by atoms with Gasteiger partial charge in [0.25, 0.3) is 0 Å². The topological polar surface area (TPSA) is 97.2 Å². The fourth-order valence-electron chi connectivity index (χ4n) is 2.57. The van der Waals surface area contributed by atoms with Crippen LogP contribution in [0.3, 0.4) is 0 Å². The third-order valence-electron chi connectivity index (χ3n) is 3.58. The van der Waals surface area contributed by atoms with Crippen molar-refractivity contribution in [3.63, 3.8) is 0 Å². The Balaban J connectivity index is 2.62. The molecule has 0 amide bonds. The van der Waals surface area contributed by atoms with Gasteiger partial charge in [-0.05, 0) is 31.5 Å². The first kappa shape index (κ1) is 14.5. The number of rotatable bonds is 2. The number of aromatic carboxylic acids is 1. The molecule has 0 saturated carbocycles. The zero-order valence-electron chi connectivity index (χ0n) is 11.7. The van der Waals surface area contributed by atoms with E-state index in [4.69, 9.17) is 5.11 Å². The Morgan fingerprint density at radius 3 is 2.62 bits per heavy atom. The minimum atomic E-state index is -1.04. The van der Waals surface area contributed by atoms with Crippen LogP contribution in [0.15, 0.2) is 40.5 Å². The van der Waals surface area contributed by atoms with Crippen molar-refractivity contribution in [1.82, 2.24) is 0 Å². The molecule has 0 radical (unpaired) electrons. The third kappa shape index (κ3) is 2.54.